The van der Waals surface area contributed by atoms with E-state index in [9.17, 15) is 4.79 Å². The molecule has 2 aromatic rings. The number of amides is 1. The van der Waals surface area contributed by atoms with E-state index < -0.39 is 0 Å². The predicted octanol–water partition coefficient (Wildman–Crippen LogP) is 1.31. The summed E-state index contributed by atoms with van der Waals surface area (Å²) in [6.07, 6.45) is 4.73. The van der Waals surface area contributed by atoms with Gasteiger partial charge in [0.1, 0.15) is 11.4 Å². The lowest BCUT2D eigenvalue weighted by Crippen LogP contribution is -2.22. The van der Waals surface area contributed by atoms with E-state index in [2.05, 4.69) is 15.1 Å². The van der Waals surface area contributed by atoms with E-state index >= 15 is 0 Å². The third kappa shape index (κ3) is 2.65. The Morgan fingerprint density at radius 3 is 2.58 bits per heavy atom. The minimum Gasteiger partial charge on any atom is -0.467 e. The SMILES string of the molecule is COc1ncc(-n2cc(N(C)C(C)=O)c(Cl)n2)cn1. The van der Waals surface area contributed by atoms with E-state index in [4.69, 9.17) is 16.3 Å². The maximum Gasteiger partial charge on any atom is 0.316 e. The van der Waals surface area contributed by atoms with Gasteiger partial charge in [-0.05, 0) is 0 Å². The van der Waals surface area contributed by atoms with Crippen LogP contribution in [0.25, 0.3) is 5.69 Å². The fraction of sp³-hybridized carbons (Fsp3) is 0.273. The van der Waals surface area contributed by atoms with Gasteiger partial charge in [0.25, 0.3) is 0 Å². The average molecular weight is 282 g/mol. The van der Waals surface area contributed by atoms with Crippen LogP contribution in [0.4, 0.5) is 5.69 Å². The molecule has 8 heteroatoms. The van der Waals surface area contributed by atoms with Crippen LogP contribution >= 0.6 is 11.6 Å². The third-order valence-corrected chi connectivity index (χ3v) is 2.82. The summed E-state index contributed by atoms with van der Waals surface area (Å²) >= 11 is 6.00. The van der Waals surface area contributed by atoms with Crippen molar-refractivity contribution in [2.75, 3.05) is 19.1 Å². The number of hydrogen-bond donors (Lipinski definition) is 0. The Labute approximate surface area is 114 Å². The van der Waals surface area contributed by atoms with Gasteiger partial charge in [0.15, 0.2) is 5.15 Å². The molecule has 0 atom stereocenters. The molecule has 0 saturated heterocycles. The van der Waals surface area contributed by atoms with Crippen molar-refractivity contribution < 1.29 is 9.53 Å². The summed E-state index contributed by atoms with van der Waals surface area (Å²) < 4.78 is 6.37. The summed E-state index contributed by atoms with van der Waals surface area (Å²) in [6, 6.07) is 0.267. The van der Waals surface area contributed by atoms with Crippen molar-refractivity contribution in [3.05, 3.63) is 23.7 Å². The Balaban J connectivity index is 2.35. The first-order valence-corrected chi connectivity index (χ1v) is 5.76. The number of aromatic nitrogens is 4. The smallest absolute Gasteiger partial charge is 0.316 e. The van der Waals surface area contributed by atoms with Crippen LogP contribution in [0.15, 0.2) is 18.6 Å². The van der Waals surface area contributed by atoms with Crippen LogP contribution in [0.2, 0.25) is 5.15 Å². The normalized spacial score (nSPS) is 10.3. The van der Waals surface area contributed by atoms with E-state index in [1.54, 1.807) is 25.6 Å². The first-order valence-electron chi connectivity index (χ1n) is 5.38. The van der Waals surface area contributed by atoms with Crippen molar-refractivity contribution in [1.29, 1.82) is 0 Å². The fourth-order valence-electron chi connectivity index (χ4n) is 1.40. The van der Waals surface area contributed by atoms with Gasteiger partial charge in [-0.2, -0.15) is 5.10 Å². The van der Waals surface area contributed by atoms with Crippen molar-refractivity contribution in [2.24, 2.45) is 0 Å². The number of methoxy groups -OCH3 is 1. The minimum atomic E-state index is -0.132. The highest BCUT2D eigenvalue weighted by atomic mass is 35.5. The van der Waals surface area contributed by atoms with Crippen LogP contribution in [-0.4, -0.2) is 39.8 Å². The minimum absolute atomic E-state index is 0.132. The van der Waals surface area contributed by atoms with Crippen molar-refractivity contribution in [3.63, 3.8) is 0 Å². The van der Waals surface area contributed by atoms with Gasteiger partial charge in [0, 0.05) is 14.0 Å². The lowest BCUT2D eigenvalue weighted by molar-refractivity contribution is -0.116. The Hall–Kier alpha value is -2.15. The molecule has 0 bridgehead atoms. The Morgan fingerprint density at radius 1 is 1.42 bits per heavy atom. The zero-order chi connectivity index (χ0) is 14.0. The van der Waals surface area contributed by atoms with Crippen molar-refractivity contribution in [2.45, 2.75) is 6.92 Å². The van der Waals surface area contributed by atoms with Crippen LogP contribution in [0.5, 0.6) is 6.01 Å². The van der Waals surface area contributed by atoms with Crippen LogP contribution in [0, 0.1) is 0 Å². The largest absolute Gasteiger partial charge is 0.467 e. The molecule has 100 valence electrons. The van der Waals surface area contributed by atoms with Crippen LogP contribution in [-0.2, 0) is 4.79 Å². The standard InChI is InChI=1S/C11H12ClN5O2/c1-7(18)16(2)9-6-17(15-10(9)12)8-4-13-11(19-3)14-5-8/h4-6H,1-3H3. The molecule has 0 aliphatic heterocycles. The first-order chi connectivity index (χ1) is 9.02. The number of carbonyl (C=O) groups is 1. The highest BCUT2D eigenvalue weighted by molar-refractivity contribution is 6.32. The number of anilines is 1. The Kier molecular flexibility index (Phi) is 3.66. The molecule has 0 fully saturated rings. The average Bonchev–Trinajstić information content (AvgIpc) is 2.80. The van der Waals surface area contributed by atoms with Crippen LogP contribution in [0.3, 0.4) is 0 Å². The van der Waals surface area contributed by atoms with E-state index in [1.807, 2.05) is 0 Å². The molecular formula is C11H12ClN5O2. The molecule has 0 unspecified atom stereocenters. The van der Waals surface area contributed by atoms with Gasteiger partial charge in [-0.1, -0.05) is 11.6 Å². The molecule has 2 aromatic heterocycles. The molecule has 0 aromatic carbocycles. The van der Waals surface area contributed by atoms with E-state index in [1.165, 1.54) is 23.6 Å². The lowest BCUT2D eigenvalue weighted by Gasteiger charge is -2.11. The lowest BCUT2D eigenvalue weighted by atomic mass is 10.4. The van der Waals surface area contributed by atoms with E-state index in [0.29, 0.717) is 11.4 Å². The van der Waals surface area contributed by atoms with Crippen molar-refractivity contribution in [3.8, 4) is 11.7 Å². The van der Waals surface area contributed by atoms with Gasteiger partial charge < -0.3 is 9.64 Å². The summed E-state index contributed by atoms with van der Waals surface area (Å²) in [5.74, 6) is -0.132. The number of halogens is 1. The molecule has 0 aliphatic rings. The summed E-state index contributed by atoms with van der Waals surface area (Å²) in [5.41, 5.74) is 1.14. The number of nitrogens with zero attached hydrogens (tertiary/aromatic N) is 5. The number of ether oxygens (including phenoxy) is 1. The molecule has 1 amide bonds. The number of rotatable bonds is 3. The Bertz CT molecular complexity index is 596. The topological polar surface area (TPSA) is 73.1 Å². The second kappa shape index (κ2) is 5.23. The maximum absolute atomic E-state index is 11.3. The second-order valence-corrected chi connectivity index (χ2v) is 4.11. The Morgan fingerprint density at radius 2 is 2.05 bits per heavy atom. The van der Waals surface area contributed by atoms with Gasteiger partial charge in [-0.3, -0.25) is 4.79 Å². The van der Waals surface area contributed by atoms with Gasteiger partial charge >= 0.3 is 6.01 Å². The quantitative estimate of drug-likeness (QED) is 0.848. The zero-order valence-corrected chi connectivity index (χ0v) is 11.4. The molecule has 7 nitrogen and oxygen atoms in total. The predicted molar refractivity (Wildman–Crippen MR) is 69.8 cm³/mol. The highest BCUT2D eigenvalue weighted by Gasteiger charge is 2.15. The fourth-order valence-corrected chi connectivity index (χ4v) is 1.66. The first kappa shape index (κ1) is 13.3. The van der Waals surface area contributed by atoms with Crippen molar-refractivity contribution in [1.82, 2.24) is 19.7 Å². The van der Waals surface area contributed by atoms with Crippen molar-refractivity contribution >= 4 is 23.2 Å². The highest BCUT2D eigenvalue weighted by Crippen LogP contribution is 2.24. The molecule has 0 radical (unpaired) electrons. The third-order valence-electron chi connectivity index (χ3n) is 2.55. The van der Waals surface area contributed by atoms with Gasteiger partial charge in [-0.25, -0.2) is 14.6 Å². The summed E-state index contributed by atoms with van der Waals surface area (Å²) in [6.45, 7) is 1.45. The molecule has 2 heterocycles. The van der Waals surface area contributed by atoms with Gasteiger partial charge in [0.2, 0.25) is 5.91 Å². The molecule has 0 N–H and O–H groups in total. The number of carbonyl (C=O) groups excluding carboxylic acids is 1. The molecule has 2 rings (SSSR count). The van der Waals surface area contributed by atoms with Gasteiger partial charge in [-0.15, -0.1) is 0 Å². The second-order valence-electron chi connectivity index (χ2n) is 3.76. The molecule has 19 heavy (non-hydrogen) atoms. The summed E-state index contributed by atoms with van der Waals surface area (Å²) in [7, 11) is 3.11. The van der Waals surface area contributed by atoms with Gasteiger partial charge in [0.05, 0.1) is 25.7 Å². The molecule has 0 spiro atoms. The number of hydrogen-bond acceptors (Lipinski definition) is 5. The maximum atomic E-state index is 11.3. The molecule has 0 saturated carbocycles. The zero-order valence-electron chi connectivity index (χ0n) is 10.7. The summed E-state index contributed by atoms with van der Waals surface area (Å²) in [5, 5.41) is 4.34. The monoisotopic (exact) mass is 281 g/mol. The van der Waals surface area contributed by atoms with E-state index in [0.717, 1.165) is 0 Å². The van der Waals surface area contributed by atoms with E-state index in [-0.39, 0.29) is 17.1 Å². The molecule has 0 aliphatic carbocycles. The molecular weight excluding hydrogens is 270 g/mol. The van der Waals surface area contributed by atoms with Crippen LogP contribution < -0.4 is 9.64 Å². The van der Waals surface area contributed by atoms with Crippen LogP contribution in [0.1, 0.15) is 6.92 Å². The summed E-state index contributed by atoms with van der Waals surface area (Å²) in [4.78, 5) is 20.7.